The quantitative estimate of drug-likeness (QED) is 0.668. The minimum absolute atomic E-state index is 0.335. The topological polar surface area (TPSA) is 51.4 Å². The molecule has 0 spiro atoms. The normalized spacial score (nSPS) is 16.2. The average molecular weight is 355 g/mol. The third kappa shape index (κ3) is 4.02. The van der Waals surface area contributed by atoms with Crippen molar-refractivity contribution in [1.82, 2.24) is 15.0 Å². The molecule has 6 heteroatoms. The van der Waals surface area contributed by atoms with Crippen molar-refractivity contribution in [2.45, 2.75) is 25.8 Å². The van der Waals surface area contributed by atoms with E-state index in [9.17, 15) is 4.39 Å². The Morgan fingerprint density at radius 1 is 1.19 bits per heavy atom. The fourth-order valence-electron chi connectivity index (χ4n) is 3.47. The highest BCUT2D eigenvalue weighted by molar-refractivity contribution is 5.81. The first-order chi connectivity index (χ1) is 12.8. The lowest BCUT2D eigenvalue weighted by molar-refractivity contribution is 0.154. The molecule has 1 saturated heterocycles. The highest BCUT2D eigenvalue weighted by Gasteiger charge is 2.20. The Kier molecular flexibility index (Phi) is 5.11. The molecule has 3 heterocycles. The van der Waals surface area contributed by atoms with Gasteiger partial charge in [-0.3, -0.25) is 9.88 Å². The van der Waals surface area contributed by atoms with Crippen molar-refractivity contribution in [3.05, 3.63) is 54.1 Å². The number of rotatable bonds is 6. The Morgan fingerprint density at radius 2 is 2.08 bits per heavy atom. The minimum atomic E-state index is -0.335. The number of aromatic nitrogens is 2. The van der Waals surface area contributed by atoms with Gasteiger partial charge in [0.05, 0.1) is 17.7 Å². The zero-order valence-corrected chi connectivity index (χ0v) is 14.6. The van der Waals surface area contributed by atoms with Gasteiger partial charge in [0.25, 0.3) is 5.88 Å². The summed E-state index contributed by atoms with van der Waals surface area (Å²) in [5, 5.41) is 4.62. The van der Waals surface area contributed by atoms with Crippen LogP contribution in [0.25, 0.3) is 11.0 Å². The van der Waals surface area contributed by atoms with E-state index in [2.05, 4.69) is 21.1 Å². The average Bonchev–Trinajstić information content (AvgIpc) is 3.06. The van der Waals surface area contributed by atoms with Crippen LogP contribution in [0.3, 0.4) is 0 Å². The Bertz CT molecular complexity index is 845. The van der Waals surface area contributed by atoms with Gasteiger partial charge in [0.2, 0.25) is 0 Å². The molecule has 0 bridgehead atoms. The molecule has 1 aliphatic rings. The maximum atomic E-state index is 13.2. The van der Waals surface area contributed by atoms with Crippen LogP contribution in [-0.4, -0.2) is 34.7 Å². The fourth-order valence-corrected chi connectivity index (χ4v) is 3.47. The van der Waals surface area contributed by atoms with Gasteiger partial charge in [-0.05, 0) is 67.7 Å². The van der Waals surface area contributed by atoms with E-state index in [-0.39, 0.29) is 5.82 Å². The van der Waals surface area contributed by atoms with E-state index < -0.39 is 0 Å². The van der Waals surface area contributed by atoms with Crippen LogP contribution >= 0.6 is 0 Å². The number of pyridine rings is 1. The Hall–Kier alpha value is -2.47. The standard InChI is InChI=1S/C20H22FN3O2/c21-16-4-5-18-19(13-16)26-23-20(18)25-12-8-15-6-10-24(11-7-15)14-17-3-1-2-9-22-17/h1-5,9,13,15H,6-8,10-12,14H2. The summed E-state index contributed by atoms with van der Waals surface area (Å²) in [7, 11) is 0. The van der Waals surface area contributed by atoms with E-state index >= 15 is 0 Å². The highest BCUT2D eigenvalue weighted by Crippen LogP contribution is 2.27. The lowest BCUT2D eigenvalue weighted by Crippen LogP contribution is -2.33. The van der Waals surface area contributed by atoms with Crippen LogP contribution in [0.15, 0.2) is 47.1 Å². The molecule has 1 aromatic carbocycles. The summed E-state index contributed by atoms with van der Waals surface area (Å²) >= 11 is 0. The Morgan fingerprint density at radius 3 is 2.88 bits per heavy atom. The smallest absolute Gasteiger partial charge is 0.262 e. The highest BCUT2D eigenvalue weighted by atomic mass is 19.1. The van der Waals surface area contributed by atoms with E-state index in [1.165, 1.54) is 25.0 Å². The molecule has 0 aliphatic carbocycles. The first kappa shape index (κ1) is 17.0. The SMILES string of the molecule is Fc1ccc2c(OCCC3CCN(Cc4ccccn4)CC3)noc2c1. The van der Waals surface area contributed by atoms with Crippen LogP contribution in [-0.2, 0) is 6.54 Å². The predicted octanol–water partition coefficient (Wildman–Crippen LogP) is 4.04. The number of hydrogen-bond acceptors (Lipinski definition) is 5. The number of halogens is 1. The fraction of sp³-hybridized carbons (Fsp3) is 0.400. The molecule has 26 heavy (non-hydrogen) atoms. The molecule has 1 fully saturated rings. The van der Waals surface area contributed by atoms with Gasteiger partial charge >= 0.3 is 0 Å². The first-order valence-corrected chi connectivity index (χ1v) is 9.08. The maximum absolute atomic E-state index is 13.2. The summed E-state index contributed by atoms with van der Waals surface area (Å²) < 4.78 is 24.1. The van der Waals surface area contributed by atoms with Gasteiger partial charge in [-0.15, -0.1) is 0 Å². The zero-order chi connectivity index (χ0) is 17.8. The summed E-state index contributed by atoms with van der Waals surface area (Å²) in [5.41, 5.74) is 1.55. The van der Waals surface area contributed by atoms with E-state index in [4.69, 9.17) is 9.26 Å². The van der Waals surface area contributed by atoms with Crippen molar-refractivity contribution >= 4 is 11.0 Å². The van der Waals surface area contributed by atoms with Crippen molar-refractivity contribution in [3.63, 3.8) is 0 Å². The van der Waals surface area contributed by atoms with Gasteiger partial charge in [-0.2, -0.15) is 0 Å². The third-order valence-corrected chi connectivity index (χ3v) is 4.98. The summed E-state index contributed by atoms with van der Waals surface area (Å²) in [6, 6.07) is 10.4. The molecule has 0 radical (unpaired) electrons. The molecule has 0 N–H and O–H groups in total. The van der Waals surface area contributed by atoms with Crippen molar-refractivity contribution in [2.75, 3.05) is 19.7 Å². The number of likely N-dealkylation sites (tertiary alicyclic amines) is 1. The number of piperidine rings is 1. The molecule has 1 aliphatic heterocycles. The van der Waals surface area contributed by atoms with Crippen LogP contribution in [0.2, 0.25) is 0 Å². The van der Waals surface area contributed by atoms with Gasteiger partial charge in [-0.1, -0.05) is 6.07 Å². The van der Waals surface area contributed by atoms with Crippen molar-refractivity contribution in [1.29, 1.82) is 0 Å². The Labute approximate surface area is 151 Å². The van der Waals surface area contributed by atoms with Gasteiger partial charge in [0, 0.05) is 18.8 Å². The maximum Gasteiger partial charge on any atom is 0.262 e. The van der Waals surface area contributed by atoms with E-state index in [0.717, 1.165) is 37.1 Å². The molecule has 0 saturated carbocycles. The molecule has 2 aromatic heterocycles. The van der Waals surface area contributed by atoms with Crippen molar-refractivity contribution < 1.29 is 13.7 Å². The lowest BCUT2D eigenvalue weighted by atomic mass is 9.94. The molecule has 0 amide bonds. The van der Waals surface area contributed by atoms with Gasteiger partial charge in [0.1, 0.15) is 5.82 Å². The molecule has 3 aromatic rings. The third-order valence-electron chi connectivity index (χ3n) is 4.98. The van der Waals surface area contributed by atoms with Crippen LogP contribution < -0.4 is 4.74 Å². The summed E-state index contributed by atoms with van der Waals surface area (Å²) in [6.45, 7) is 3.70. The summed E-state index contributed by atoms with van der Waals surface area (Å²) in [6.07, 6.45) is 5.18. The van der Waals surface area contributed by atoms with Crippen LogP contribution in [0.5, 0.6) is 5.88 Å². The van der Waals surface area contributed by atoms with E-state index in [0.29, 0.717) is 24.0 Å². The second-order valence-electron chi connectivity index (χ2n) is 6.81. The molecular formula is C20H22FN3O2. The molecule has 0 unspecified atom stereocenters. The summed E-state index contributed by atoms with van der Waals surface area (Å²) in [4.78, 5) is 6.86. The summed E-state index contributed by atoms with van der Waals surface area (Å²) in [5.74, 6) is 0.774. The monoisotopic (exact) mass is 355 g/mol. The minimum Gasteiger partial charge on any atom is -0.475 e. The molecule has 0 atom stereocenters. The second-order valence-corrected chi connectivity index (χ2v) is 6.81. The zero-order valence-electron chi connectivity index (χ0n) is 14.6. The van der Waals surface area contributed by atoms with Crippen molar-refractivity contribution in [3.8, 4) is 5.88 Å². The van der Waals surface area contributed by atoms with Crippen LogP contribution in [0.4, 0.5) is 4.39 Å². The largest absolute Gasteiger partial charge is 0.475 e. The molecule has 5 nitrogen and oxygen atoms in total. The number of fused-ring (bicyclic) bond motifs is 1. The second kappa shape index (κ2) is 7.83. The molecule has 4 rings (SSSR count). The van der Waals surface area contributed by atoms with E-state index in [1.807, 2.05) is 18.3 Å². The number of nitrogens with zero attached hydrogens (tertiary/aromatic N) is 3. The van der Waals surface area contributed by atoms with Crippen molar-refractivity contribution in [2.24, 2.45) is 5.92 Å². The van der Waals surface area contributed by atoms with Crippen LogP contribution in [0.1, 0.15) is 25.0 Å². The number of benzene rings is 1. The van der Waals surface area contributed by atoms with Gasteiger partial charge in [-0.25, -0.2) is 4.39 Å². The van der Waals surface area contributed by atoms with Gasteiger partial charge in [0.15, 0.2) is 5.58 Å². The first-order valence-electron chi connectivity index (χ1n) is 9.08. The molecule has 136 valence electrons. The molecular weight excluding hydrogens is 333 g/mol. The predicted molar refractivity (Wildman–Crippen MR) is 96.3 cm³/mol. The van der Waals surface area contributed by atoms with E-state index in [1.54, 1.807) is 6.07 Å². The van der Waals surface area contributed by atoms with Gasteiger partial charge < -0.3 is 9.26 Å². The van der Waals surface area contributed by atoms with Crippen LogP contribution in [0, 0.1) is 11.7 Å². The number of hydrogen-bond donors (Lipinski definition) is 0. The number of ether oxygens (including phenoxy) is 1. The lowest BCUT2D eigenvalue weighted by Gasteiger charge is -2.31. The Balaban J connectivity index is 1.22.